The summed E-state index contributed by atoms with van der Waals surface area (Å²) >= 11 is 0. The Kier molecular flexibility index (Phi) is 3.22. The summed E-state index contributed by atoms with van der Waals surface area (Å²) in [6.07, 6.45) is 6.61. The number of furan rings is 1. The number of phenols is 1. The lowest BCUT2D eigenvalue weighted by atomic mass is 9.87. The van der Waals surface area contributed by atoms with Gasteiger partial charge in [0.2, 0.25) is 5.88 Å². The second-order valence-electron chi connectivity index (χ2n) is 6.68. The minimum Gasteiger partial charge on any atom is -0.508 e. The van der Waals surface area contributed by atoms with E-state index in [-0.39, 0.29) is 11.7 Å². The van der Waals surface area contributed by atoms with E-state index in [0.29, 0.717) is 23.1 Å². The Labute approximate surface area is 164 Å². The van der Waals surface area contributed by atoms with E-state index in [1.54, 1.807) is 41.6 Å². The molecule has 8 heteroatoms. The van der Waals surface area contributed by atoms with Crippen molar-refractivity contribution in [1.82, 2.24) is 24.6 Å². The van der Waals surface area contributed by atoms with E-state index in [9.17, 15) is 5.11 Å². The van der Waals surface area contributed by atoms with Crippen LogP contribution in [0.2, 0.25) is 0 Å². The second-order valence-corrected chi connectivity index (χ2v) is 6.68. The van der Waals surface area contributed by atoms with Crippen LogP contribution in [0.1, 0.15) is 22.8 Å². The molecule has 140 valence electrons. The van der Waals surface area contributed by atoms with E-state index in [1.807, 2.05) is 30.3 Å². The first kappa shape index (κ1) is 15.8. The maximum absolute atomic E-state index is 9.90. The molecule has 5 heterocycles. The lowest BCUT2D eigenvalue weighted by Crippen LogP contribution is -2.14. The highest BCUT2D eigenvalue weighted by Crippen LogP contribution is 2.48. The number of benzene rings is 1. The topological polar surface area (TPSA) is 98.6 Å². The van der Waals surface area contributed by atoms with Crippen LogP contribution in [0.15, 0.2) is 71.9 Å². The SMILES string of the molecule is Oc1ccc2c(c1)Oc1ncn3nc(-c4cccnc4)nc3c1[C@@H]2c1ccco1. The fraction of sp³-hybridized carbons (Fsp3) is 0.0476. The Balaban J connectivity index is 1.63. The Hall–Kier alpha value is -4.20. The third kappa shape index (κ3) is 2.39. The average Bonchev–Trinajstić information content (AvgIpc) is 3.42. The van der Waals surface area contributed by atoms with Gasteiger partial charge in [-0.1, -0.05) is 6.07 Å². The van der Waals surface area contributed by atoms with Crippen molar-refractivity contribution >= 4 is 5.65 Å². The molecule has 0 spiro atoms. The van der Waals surface area contributed by atoms with Gasteiger partial charge < -0.3 is 14.3 Å². The van der Waals surface area contributed by atoms with E-state index in [4.69, 9.17) is 14.1 Å². The van der Waals surface area contributed by atoms with Gasteiger partial charge in [0, 0.05) is 29.6 Å². The van der Waals surface area contributed by atoms with Crippen molar-refractivity contribution < 1.29 is 14.3 Å². The first-order valence-corrected chi connectivity index (χ1v) is 8.98. The van der Waals surface area contributed by atoms with Crippen LogP contribution in [-0.4, -0.2) is 29.7 Å². The Morgan fingerprint density at radius 3 is 2.90 bits per heavy atom. The fourth-order valence-corrected chi connectivity index (χ4v) is 3.67. The minimum absolute atomic E-state index is 0.118. The molecule has 0 radical (unpaired) electrons. The summed E-state index contributed by atoms with van der Waals surface area (Å²) in [5.41, 5.74) is 3.03. The molecule has 1 aromatic carbocycles. The average molecular weight is 383 g/mol. The van der Waals surface area contributed by atoms with Crippen LogP contribution in [0.4, 0.5) is 0 Å². The van der Waals surface area contributed by atoms with Gasteiger partial charge in [-0.05, 0) is 30.3 Å². The molecule has 6 rings (SSSR count). The van der Waals surface area contributed by atoms with Crippen molar-refractivity contribution in [3.8, 4) is 28.8 Å². The van der Waals surface area contributed by atoms with E-state index in [0.717, 1.165) is 22.5 Å². The lowest BCUT2D eigenvalue weighted by molar-refractivity contribution is 0.409. The number of pyridine rings is 1. The third-order valence-corrected chi connectivity index (χ3v) is 4.94. The molecule has 0 bridgehead atoms. The van der Waals surface area contributed by atoms with Gasteiger partial charge in [0.25, 0.3) is 0 Å². The van der Waals surface area contributed by atoms with Crippen LogP contribution in [-0.2, 0) is 0 Å². The molecular weight excluding hydrogens is 370 g/mol. The van der Waals surface area contributed by atoms with Crippen molar-refractivity contribution in [2.45, 2.75) is 5.92 Å². The quantitative estimate of drug-likeness (QED) is 0.486. The summed E-state index contributed by atoms with van der Waals surface area (Å²) in [6.45, 7) is 0. The molecule has 4 aromatic heterocycles. The van der Waals surface area contributed by atoms with Crippen LogP contribution in [0.3, 0.4) is 0 Å². The smallest absolute Gasteiger partial charge is 0.228 e. The van der Waals surface area contributed by atoms with Gasteiger partial charge >= 0.3 is 0 Å². The third-order valence-electron chi connectivity index (χ3n) is 4.94. The molecule has 5 aromatic rings. The molecule has 1 atom stereocenters. The number of aromatic nitrogens is 5. The number of ether oxygens (including phenoxy) is 1. The van der Waals surface area contributed by atoms with E-state index in [1.165, 1.54) is 0 Å². The highest BCUT2D eigenvalue weighted by atomic mass is 16.5. The normalized spacial score (nSPS) is 15.0. The zero-order valence-electron chi connectivity index (χ0n) is 14.9. The molecule has 0 saturated heterocycles. The molecule has 1 aliphatic rings. The molecule has 0 aliphatic carbocycles. The predicted molar refractivity (Wildman–Crippen MR) is 102 cm³/mol. The van der Waals surface area contributed by atoms with Crippen LogP contribution >= 0.6 is 0 Å². The van der Waals surface area contributed by atoms with Crippen LogP contribution in [0.5, 0.6) is 17.4 Å². The molecule has 0 amide bonds. The van der Waals surface area contributed by atoms with Crippen molar-refractivity contribution in [3.63, 3.8) is 0 Å². The van der Waals surface area contributed by atoms with Gasteiger partial charge in [0.05, 0.1) is 17.7 Å². The highest BCUT2D eigenvalue weighted by molar-refractivity contribution is 5.67. The number of aromatic hydroxyl groups is 1. The van der Waals surface area contributed by atoms with Gasteiger partial charge in [-0.25, -0.2) is 14.5 Å². The molecule has 1 aliphatic heterocycles. The van der Waals surface area contributed by atoms with Gasteiger partial charge in [0.1, 0.15) is 23.6 Å². The monoisotopic (exact) mass is 383 g/mol. The van der Waals surface area contributed by atoms with E-state index >= 15 is 0 Å². The number of hydrogen-bond acceptors (Lipinski definition) is 7. The van der Waals surface area contributed by atoms with Crippen molar-refractivity contribution in [2.24, 2.45) is 0 Å². The second kappa shape index (κ2) is 5.90. The first-order chi connectivity index (χ1) is 14.3. The van der Waals surface area contributed by atoms with Gasteiger partial charge in [-0.2, -0.15) is 0 Å². The Morgan fingerprint density at radius 2 is 2.07 bits per heavy atom. The largest absolute Gasteiger partial charge is 0.508 e. The number of nitrogens with zero attached hydrogens (tertiary/aromatic N) is 5. The number of phenolic OH excluding ortho intramolecular Hbond substituents is 1. The molecule has 1 N–H and O–H groups in total. The minimum atomic E-state index is -0.300. The van der Waals surface area contributed by atoms with Crippen LogP contribution in [0, 0.1) is 0 Å². The standard InChI is InChI=1S/C21H13N5O3/c27-13-5-6-14-16(9-13)29-21-18(17(14)15-4-2-8-28-15)20-24-19(25-26(20)11-23-21)12-3-1-7-22-10-12/h1-11,17,27H/t17-/m0/s1. The van der Waals surface area contributed by atoms with E-state index < -0.39 is 0 Å². The molecule has 0 unspecified atom stereocenters. The van der Waals surface area contributed by atoms with Crippen molar-refractivity contribution in [2.75, 3.05) is 0 Å². The molecule has 0 saturated carbocycles. The number of fused-ring (bicyclic) bond motifs is 4. The zero-order valence-corrected chi connectivity index (χ0v) is 14.9. The summed E-state index contributed by atoms with van der Waals surface area (Å²) in [7, 11) is 0. The van der Waals surface area contributed by atoms with Crippen LogP contribution in [0.25, 0.3) is 17.0 Å². The van der Waals surface area contributed by atoms with Gasteiger partial charge in [-0.15, -0.1) is 5.10 Å². The summed E-state index contributed by atoms with van der Waals surface area (Å²) in [6, 6.07) is 12.5. The zero-order chi connectivity index (χ0) is 19.4. The lowest BCUT2D eigenvalue weighted by Gasteiger charge is -2.26. The van der Waals surface area contributed by atoms with Crippen molar-refractivity contribution in [1.29, 1.82) is 0 Å². The fourth-order valence-electron chi connectivity index (χ4n) is 3.67. The summed E-state index contributed by atoms with van der Waals surface area (Å²) in [5.74, 6) is 2.02. The summed E-state index contributed by atoms with van der Waals surface area (Å²) in [4.78, 5) is 13.3. The maximum Gasteiger partial charge on any atom is 0.228 e. The summed E-state index contributed by atoms with van der Waals surface area (Å²) < 4.78 is 13.4. The number of hydrogen-bond donors (Lipinski definition) is 1. The molecular formula is C21H13N5O3. The van der Waals surface area contributed by atoms with Crippen molar-refractivity contribution in [3.05, 3.63) is 84.3 Å². The van der Waals surface area contributed by atoms with Gasteiger partial charge in [-0.3, -0.25) is 4.98 Å². The first-order valence-electron chi connectivity index (χ1n) is 8.98. The molecule has 29 heavy (non-hydrogen) atoms. The van der Waals surface area contributed by atoms with E-state index in [2.05, 4.69) is 15.1 Å². The predicted octanol–water partition coefficient (Wildman–Crippen LogP) is 3.77. The summed E-state index contributed by atoms with van der Waals surface area (Å²) in [5, 5.41) is 14.5. The Bertz CT molecular complexity index is 1350. The Morgan fingerprint density at radius 1 is 1.10 bits per heavy atom. The molecule has 8 nitrogen and oxygen atoms in total. The highest BCUT2D eigenvalue weighted by Gasteiger charge is 2.35. The maximum atomic E-state index is 9.90. The van der Waals surface area contributed by atoms with Gasteiger partial charge in [0.15, 0.2) is 11.5 Å². The number of rotatable bonds is 2. The van der Waals surface area contributed by atoms with Crippen LogP contribution < -0.4 is 4.74 Å². The molecule has 0 fully saturated rings.